The second-order valence-corrected chi connectivity index (χ2v) is 3.76. The van der Waals surface area contributed by atoms with Crippen molar-refractivity contribution in [3.63, 3.8) is 0 Å². The normalized spacial score (nSPS) is 11.1. The number of pyridine rings is 1. The zero-order chi connectivity index (χ0) is 11.0. The number of aromatic nitrogens is 3. The monoisotopic (exact) mass is 203 g/mol. The minimum atomic E-state index is 0.311. The lowest BCUT2D eigenvalue weighted by atomic mass is 10.1. The molecule has 0 atom stereocenters. The summed E-state index contributed by atoms with van der Waals surface area (Å²) in [5.41, 5.74) is 13.9. The molecule has 0 saturated carbocycles. The average molecular weight is 203 g/mol. The third-order valence-electron chi connectivity index (χ3n) is 2.18. The molecule has 2 aromatic heterocycles. The summed E-state index contributed by atoms with van der Waals surface area (Å²) in [5, 5.41) is 0. The van der Waals surface area contributed by atoms with Crippen molar-refractivity contribution in [3.8, 4) is 0 Å². The van der Waals surface area contributed by atoms with Gasteiger partial charge in [-0.15, -0.1) is 0 Å². The van der Waals surface area contributed by atoms with Crippen molar-refractivity contribution in [3.05, 3.63) is 18.0 Å². The Morgan fingerprint density at radius 1 is 1.20 bits per heavy atom. The summed E-state index contributed by atoms with van der Waals surface area (Å²) in [5.74, 6) is 0.682. The summed E-state index contributed by atoms with van der Waals surface area (Å²) in [7, 11) is 0. The smallest absolute Gasteiger partial charge is 0.182 e. The van der Waals surface area contributed by atoms with Crippen LogP contribution in [-0.2, 0) is 0 Å². The Morgan fingerprint density at radius 3 is 2.60 bits per heavy atom. The molecule has 0 aromatic carbocycles. The third kappa shape index (κ3) is 1.68. The summed E-state index contributed by atoms with van der Waals surface area (Å²) in [4.78, 5) is 12.7. The highest BCUT2D eigenvalue weighted by molar-refractivity contribution is 5.85. The molecular formula is C10H13N5. The van der Waals surface area contributed by atoms with E-state index >= 15 is 0 Å². The van der Waals surface area contributed by atoms with Crippen LogP contribution in [0.2, 0.25) is 0 Å². The predicted molar refractivity (Wildman–Crippen MR) is 60.2 cm³/mol. The molecule has 0 bridgehead atoms. The number of nitrogen functional groups attached to an aromatic ring is 2. The molecular weight excluding hydrogens is 190 g/mol. The first-order valence-corrected chi connectivity index (χ1v) is 4.76. The van der Waals surface area contributed by atoms with Crippen molar-refractivity contribution >= 4 is 22.7 Å². The Kier molecular flexibility index (Phi) is 2.15. The van der Waals surface area contributed by atoms with Crippen molar-refractivity contribution in [1.29, 1.82) is 0 Å². The van der Waals surface area contributed by atoms with Crippen molar-refractivity contribution in [1.82, 2.24) is 15.0 Å². The van der Waals surface area contributed by atoms with Gasteiger partial charge in [-0.3, -0.25) is 0 Å². The number of hydrogen-bond donors (Lipinski definition) is 2. The fourth-order valence-corrected chi connectivity index (χ4v) is 1.33. The van der Waals surface area contributed by atoms with E-state index in [0.29, 0.717) is 28.6 Å². The van der Waals surface area contributed by atoms with Crippen LogP contribution in [0.15, 0.2) is 12.3 Å². The summed E-state index contributed by atoms with van der Waals surface area (Å²) in [6, 6.07) is 1.59. The summed E-state index contributed by atoms with van der Waals surface area (Å²) >= 11 is 0. The van der Waals surface area contributed by atoms with Crippen LogP contribution in [0.5, 0.6) is 0 Å². The molecule has 4 N–H and O–H groups in total. The molecule has 2 heterocycles. The molecule has 0 fully saturated rings. The van der Waals surface area contributed by atoms with Crippen LogP contribution in [0.3, 0.4) is 0 Å². The molecule has 0 aliphatic carbocycles. The lowest BCUT2D eigenvalue weighted by molar-refractivity contribution is 0.819. The molecule has 0 saturated heterocycles. The Labute approximate surface area is 87.5 Å². The number of rotatable bonds is 1. The topological polar surface area (TPSA) is 90.7 Å². The van der Waals surface area contributed by atoms with E-state index in [-0.39, 0.29) is 0 Å². The molecule has 78 valence electrons. The maximum Gasteiger partial charge on any atom is 0.182 e. The number of nitrogens with two attached hydrogens (primary N) is 2. The number of fused-ring (bicyclic) bond motifs is 1. The standard InChI is InChI=1S/C10H13N5/c1-5(2)7-4-13-9-6(11)3-8(12)15-10(9)14-7/h3-5H,1-2H3,(H4,11,12,14,15). The second-order valence-electron chi connectivity index (χ2n) is 3.76. The largest absolute Gasteiger partial charge is 0.397 e. The molecule has 0 amide bonds. The fourth-order valence-electron chi connectivity index (χ4n) is 1.33. The highest BCUT2D eigenvalue weighted by Gasteiger charge is 2.07. The van der Waals surface area contributed by atoms with E-state index in [1.807, 2.05) is 13.8 Å². The first-order valence-electron chi connectivity index (χ1n) is 4.76. The lowest BCUT2D eigenvalue weighted by Gasteiger charge is -2.06. The molecule has 0 aliphatic rings. The van der Waals surface area contributed by atoms with Gasteiger partial charge in [0.2, 0.25) is 0 Å². The van der Waals surface area contributed by atoms with Gasteiger partial charge in [0.05, 0.1) is 11.4 Å². The molecule has 0 aliphatic heterocycles. The fraction of sp³-hybridized carbons (Fsp3) is 0.300. The quantitative estimate of drug-likeness (QED) is 0.729. The van der Waals surface area contributed by atoms with Crippen molar-refractivity contribution in [2.24, 2.45) is 0 Å². The zero-order valence-electron chi connectivity index (χ0n) is 8.73. The molecule has 2 rings (SSSR count). The summed E-state index contributed by atoms with van der Waals surface area (Å²) in [6.45, 7) is 4.09. The van der Waals surface area contributed by atoms with Crippen LogP contribution >= 0.6 is 0 Å². The van der Waals surface area contributed by atoms with Crippen LogP contribution in [0, 0.1) is 0 Å². The van der Waals surface area contributed by atoms with E-state index in [1.54, 1.807) is 12.3 Å². The van der Waals surface area contributed by atoms with Gasteiger partial charge in [-0.25, -0.2) is 15.0 Å². The van der Waals surface area contributed by atoms with Gasteiger partial charge in [0.25, 0.3) is 0 Å². The van der Waals surface area contributed by atoms with Crippen molar-refractivity contribution in [2.45, 2.75) is 19.8 Å². The van der Waals surface area contributed by atoms with Gasteiger partial charge >= 0.3 is 0 Å². The zero-order valence-corrected chi connectivity index (χ0v) is 8.73. The summed E-state index contributed by atoms with van der Waals surface area (Å²) in [6.07, 6.45) is 1.72. The van der Waals surface area contributed by atoms with Crippen LogP contribution in [-0.4, -0.2) is 15.0 Å². The van der Waals surface area contributed by atoms with Crippen molar-refractivity contribution in [2.75, 3.05) is 11.5 Å². The van der Waals surface area contributed by atoms with Crippen LogP contribution < -0.4 is 11.5 Å². The van der Waals surface area contributed by atoms with Crippen LogP contribution in [0.4, 0.5) is 11.5 Å². The number of anilines is 2. The molecule has 2 aromatic rings. The van der Waals surface area contributed by atoms with E-state index < -0.39 is 0 Å². The Bertz CT molecular complexity index is 506. The predicted octanol–water partition coefficient (Wildman–Crippen LogP) is 1.31. The number of hydrogen-bond acceptors (Lipinski definition) is 5. The van der Waals surface area contributed by atoms with Crippen LogP contribution in [0.1, 0.15) is 25.5 Å². The Balaban J connectivity index is 2.71. The minimum absolute atomic E-state index is 0.311. The third-order valence-corrected chi connectivity index (χ3v) is 2.18. The van der Waals surface area contributed by atoms with Crippen LogP contribution in [0.25, 0.3) is 11.2 Å². The highest BCUT2D eigenvalue weighted by atomic mass is 15.0. The molecule has 15 heavy (non-hydrogen) atoms. The molecule has 0 unspecified atom stereocenters. The molecule has 0 spiro atoms. The van der Waals surface area contributed by atoms with Gasteiger partial charge in [-0.1, -0.05) is 13.8 Å². The number of nitrogens with zero attached hydrogens (tertiary/aromatic N) is 3. The Morgan fingerprint density at radius 2 is 1.93 bits per heavy atom. The van der Waals surface area contributed by atoms with Gasteiger partial charge in [-0.05, 0) is 5.92 Å². The van der Waals surface area contributed by atoms with Gasteiger partial charge in [0.15, 0.2) is 5.65 Å². The van der Waals surface area contributed by atoms with E-state index in [4.69, 9.17) is 11.5 Å². The van der Waals surface area contributed by atoms with Gasteiger partial charge in [0, 0.05) is 12.3 Å². The highest BCUT2D eigenvalue weighted by Crippen LogP contribution is 2.20. The van der Waals surface area contributed by atoms with E-state index in [0.717, 1.165) is 5.69 Å². The average Bonchev–Trinajstić information content (AvgIpc) is 2.16. The first-order chi connectivity index (χ1) is 7.08. The molecule has 5 nitrogen and oxygen atoms in total. The van der Waals surface area contributed by atoms with E-state index in [9.17, 15) is 0 Å². The minimum Gasteiger partial charge on any atom is -0.397 e. The first kappa shape index (κ1) is 9.64. The van der Waals surface area contributed by atoms with Crippen molar-refractivity contribution < 1.29 is 0 Å². The maximum absolute atomic E-state index is 5.76. The Hall–Kier alpha value is -1.91. The maximum atomic E-state index is 5.76. The molecule has 0 radical (unpaired) electrons. The van der Waals surface area contributed by atoms with Gasteiger partial charge in [0.1, 0.15) is 11.3 Å². The van der Waals surface area contributed by atoms with E-state index in [1.165, 1.54) is 0 Å². The summed E-state index contributed by atoms with van der Waals surface area (Å²) < 4.78 is 0. The lowest BCUT2D eigenvalue weighted by Crippen LogP contribution is -2.01. The van der Waals surface area contributed by atoms with E-state index in [2.05, 4.69) is 15.0 Å². The SMILES string of the molecule is CC(C)c1cnc2c(N)cc(N)nc2n1. The van der Waals surface area contributed by atoms with Gasteiger partial charge < -0.3 is 11.5 Å². The molecule has 5 heteroatoms. The van der Waals surface area contributed by atoms with Gasteiger partial charge in [-0.2, -0.15) is 0 Å². The second kappa shape index (κ2) is 3.34.